The molecule has 0 amide bonds. The minimum Gasteiger partial charge on any atom is -0.381 e. The Labute approximate surface area is 102 Å². The van der Waals surface area contributed by atoms with E-state index in [1.807, 2.05) is 11.8 Å². The molecular formula is C12H22N2OS. The third-order valence-corrected chi connectivity index (χ3v) is 5.05. The Hall–Kier alpha value is -0.220. The van der Waals surface area contributed by atoms with E-state index in [0.29, 0.717) is 12.1 Å². The van der Waals surface area contributed by atoms with Crippen molar-refractivity contribution >= 4 is 16.9 Å². The van der Waals surface area contributed by atoms with Gasteiger partial charge in [0.1, 0.15) is 0 Å². The summed E-state index contributed by atoms with van der Waals surface area (Å²) in [6, 6.07) is 0.404. The third-order valence-electron chi connectivity index (χ3n) is 3.70. The number of nitrogens with zero attached hydrogens (tertiary/aromatic N) is 1. The summed E-state index contributed by atoms with van der Waals surface area (Å²) in [5.74, 6) is 1.10. The molecule has 0 aromatic heterocycles. The Morgan fingerprint density at radius 2 is 2.06 bits per heavy atom. The van der Waals surface area contributed by atoms with E-state index in [9.17, 15) is 0 Å². The van der Waals surface area contributed by atoms with Crippen LogP contribution >= 0.6 is 11.8 Å². The molecule has 1 saturated carbocycles. The summed E-state index contributed by atoms with van der Waals surface area (Å²) in [6.45, 7) is 8.91. The molecule has 0 aromatic rings. The largest absolute Gasteiger partial charge is 0.381 e. The van der Waals surface area contributed by atoms with Gasteiger partial charge in [-0.3, -0.25) is 4.99 Å². The van der Waals surface area contributed by atoms with Gasteiger partial charge in [0.2, 0.25) is 0 Å². The second kappa shape index (κ2) is 3.91. The lowest BCUT2D eigenvalue weighted by Crippen LogP contribution is -2.53. The zero-order chi connectivity index (χ0) is 12.0. The van der Waals surface area contributed by atoms with Crippen LogP contribution in [0, 0.1) is 5.41 Å². The molecule has 1 N–H and O–H groups in total. The number of methoxy groups -OCH3 is 1. The summed E-state index contributed by atoms with van der Waals surface area (Å²) < 4.78 is 5.44. The van der Waals surface area contributed by atoms with Crippen molar-refractivity contribution in [3.05, 3.63) is 0 Å². The van der Waals surface area contributed by atoms with Crippen molar-refractivity contribution in [3.8, 4) is 0 Å². The monoisotopic (exact) mass is 242 g/mol. The Kier molecular flexibility index (Phi) is 2.99. The maximum Gasteiger partial charge on any atom is 0.157 e. The predicted octanol–water partition coefficient (Wildman–Crippen LogP) is 2.27. The van der Waals surface area contributed by atoms with E-state index < -0.39 is 0 Å². The highest BCUT2D eigenvalue weighted by molar-refractivity contribution is 8.14. The molecule has 2 unspecified atom stereocenters. The van der Waals surface area contributed by atoms with Crippen molar-refractivity contribution in [1.29, 1.82) is 0 Å². The Morgan fingerprint density at radius 3 is 2.50 bits per heavy atom. The molecule has 0 radical (unpaired) electrons. The van der Waals surface area contributed by atoms with Gasteiger partial charge in [-0.25, -0.2) is 0 Å². The van der Waals surface area contributed by atoms with Crippen LogP contribution in [-0.2, 0) is 4.74 Å². The highest BCUT2D eigenvalue weighted by atomic mass is 32.2. The zero-order valence-electron chi connectivity index (χ0n) is 10.8. The van der Waals surface area contributed by atoms with Gasteiger partial charge in [0.25, 0.3) is 0 Å². The Balaban J connectivity index is 2.00. The van der Waals surface area contributed by atoms with Gasteiger partial charge >= 0.3 is 0 Å². The zero-order valence-corrected chi connectivity index (χ0v) is 11.6. The topological polar surface area (TPSA) is 33.6 Å². The number of rotatable bonds is 2. The van der Waals surface area contributed by atoms with Gasteiger partial charge in [-0.05, 0) is 20.3 Å². The average Bonchev–Trinajstić information content (AvgIpc) is 2.52. The molecule has 92 valence electrons. The molecule has 3 nitrogen and oxygen atoms in total. The number of ether oxygens (including phenoxy) is 1. The highest BCUT2D eigenvalue weighted by Crippen LogP contribution is 2.45. The molecule has 1 aliphatic carbocycles. The van der Waals surface area contributed by atoms with Gasteiger partial charge in [0.15, 0.2) is 5.17 Å². The fraction of sp³-hybridized carbons (Fsp3) is 0.917. The van der Waals surface area contributed by atoms with E-state index in [0.717, 1.165) is 17.3 Å². The van der Waals surface area contributed by atoms with E-state index in [1.54, 1.807) is 7.11 Å². The SMILES string of the molecule is COC1CC(N=C2NC(C)(C)CS2)C1(C)C. The van der Waals surface area contributed by atoms with Gasteiger partial charge in [-0.2, -0.15) is 0 Å². The van der Waals surface area contributed by atoms with E-state index in [-0.39, 0.29) is 11.0 Å². The standard InChI is InChI=1S/C12H22N2OS/c1-11(2)7-16-10(14-11)13-8-6-9(15-5)12(8,3)4/h8-9H,6-7H2,1-5H3,(H,13,14). The van der Waals surface area contributed by atoms with Crippen molar-refractivity contribution in [2.75, 3.05) is 12.9 Å². The van der Waals surface area contributed by atoms with Crippen LogP contribution in [0.1, 0.15) is 34.1 Å². The summed E-state index contributed by atoms with van der Waals surface area (Å²) in [5, 5.41) is 4.58. The van der Waals surface area contributed by atoms with Crippen molar-refractivity contribution in [1.82, 2.24) is 5.32 Å². The lowest BCUT2D eigenvalue weighted by atomic mass is 9.65. The highest BCUT2D eigenvalue weighted by Gasteiger charge is 2.49. The van der Waals surface area contributed by atoms with Crippen LogP contribution in [0.3, 0.4) is 0 Å². The van der Waals surface area contributed by atoms with Gasteiger partial charge in [0.05, 0.1) is 12.1 Å². The fourth-order valence-electron chi connectivity index (χ4n) is 2.30. The fourth-order valence-corrected chi connectivity index (χ4v) is 3.42. The van der Waals surface area contributed by atoms with Crippen LogP contribution in [0.2, 0.25) is 0 Å². The van der Waals surface area contributed by atoms with Gasteiger partial charge in [-0.15, -0.1) is 0 Å². The van der Waals surface area contributed by atoms with Crippen LogP contribution in [0.5, 0.6) is 0 Å². The van der Waals surface area contributed by atoms with E-state index >= 15 is 0 Å². The summed E-state index contributed by atoms with van der Waals surface area (Å²) in [5.41, 5.74) is 0.370. The summed E-state index contributed by atoms with van der Waals surface area (Å²) in [6.07, 6.45) is 1.41. The van der Waals surface area contributed by atoms with Crippen LogP contribution in [0.25, 0.3) is 0 Å². The maximum atomic E-state index is 5.44. The second-order valence-corrected chi connectivity index (χ2v) is 6.99. The predicted molar refractivity (Wildman–Crippen MR) is 70.1 cm³/mol. The van der Waals surface area contributed by atoms with Crippen molar-refractivity contribution < 1.29 is 4.74 Å². The molecule has 2 aliphatic rings. The quantitative estimate of drug-likeness (QED) is 0.806. The van der Waals surface area contributed by atoms with Crippen LogP contribution in [0.4, 0.5) is 0 Å². The number of nitrogens with one attached hydrogen (secondary N) is 1. The molecule has 16 heavy (non-hydrogen) atoms. The normalized spacial score (nSPS) is 38.2. The molecule has 1 heterocycles. The van der Waals surface area contributed by atoms with Crippen molar-refractivity contribution in [2.45, 2.75) is 51.8 Å². The first-order chi connectivity index (χ1) is 7.35. The van der Waals surface area contributed by atoms with Crippen LogP contribution < -0.4 is 5.32 Å². The molecule has 2 fully saturated rings. The molecule has 0 bridgehead atoms. The number of aliphatic imine (C=N–C) groups is 1. The minimum absolute atomic E-state index is 0.177. The summed E-state index contributed by atoms with van der Waals surface area (Å²) >= 11 is 1.83. The molecule has 1 saturated heterocycles. The van der Waals surface area contributed by atoms with E-state index in [4.69, 9.17) is 9.73 Å². The Bertz CT molecular complexity index is 312. The first kappa shape index (κ1) is 12.2. The van der Waals surface area contributed by atoms with Gasteiger partial charge < -0.3 is 10.1 Å². The van der Waals surface area contributed by atoms with E-state index in [1.165, 1.54) is 0 Å². The number of hydrogen-bond donors (Lipinski definition) is 1. The van der Waals surface area contributed by atoms with Gasteiger partial charge in [0, 0.05) is 23.8 Å². The number of amidine groups is 1. The number of thioether (sulfide) groups is 1. The lowest BCUT2D eigenvalue weighted by Gasteiger charge is -2.49. The third kappa shape index (κ3) is 2.09. The molecular weight excluding hydrogens is 220 g/mol. The van der Waals surface area contributed by atoms with Crippen molar-refractivity contribution in [3.63, 3.8) is 0 Å². The molecule has 2 rings (SSSR count). The first-order valence-electron chi connectivity index (χ1n) is 5.87. The molecule has 2 atom stereocenters. The first-order valence-corrected chi connectivity index (χ1v) is 6.85. The maximum absolute atomic E-state index is 5.44. The Morgan fingerprint density at radius 1 is 1.38 bits per heavy atom. The van der Waals surface area contributed by atoms with Crippen LogP contribution in [-0.4, -0.2) is 35.7 Å². The molecule has 0 aromatic carbocycles. The van der Waals surface area contributed by atoms with Crippen molar-refractivity contribution in [2.24, 2.45) is 10.4 Å². The smallest absolute Gasteiger partial charge is 0.157 e. The van der Waals surface area contributed by atoms with Gasteiger partial charge in [-0.1, -0.05) is 25.6 Å². The molecule has 1 aliphatic heterocycles. The number of hydrogen-bond acceptors (Lipinski definition) is 3. The van der Waals surface area contributed by atoms with Crippen LogP contribution in [0.15, 0.2) is 4.99 Å². The van der Waals surface area contributed by atoms with E-state index in [2.05, 4.69) is 33.0 Å². The molecule has 0 spiro atoms. The second-order valence-electron chi connectivity index (χ2n) is 6.03. The minimum atomic E-state index is 0.177. The molecule has 4 heteroatoms. The lowest BCUT2D eigenvalue weighted by molar-refractivity contribution is -0.0850. The summed E-state index contributed by atoms with van der Waals surface area (Å²) in [4.78, 5) is 4.82. The average molecular weight is 242 g/mol. The summed E-state index contributed by atoms with van der Waals surface area (Å²) in [7, 11) is 1.79.